The molecule has 116 valence electrons. The van der Waals surface area contributed by atoms with Crippen molar-refractivity contribution in [1.29, 1.82) is 0 Å². The molecule has 0 fully saturated rings. The fraction of sp³-hybridized carbons (Fsp3) is 0.133. The van der Waals surface area contributed by atoms with Gasteiger partial charge in [0.2, 0.25) is 10.0 Å². The fourth-order valence-corrected chi connectivity index (χ4v) is 2.82. The highest BCUT2D eigenvalue weighted by Gasteiger charge is 2.15. The van der Waals surface area contributed by atoms with E-state index in [1.165, 1.54) is 12.1 Å². The number of rotatable bonds is 6. The van der Waals surface area contributed by atoms with Gasteiger partial charge in [0.05, 0.1) is 12.0 Å². The Bertz CT molecular complexity index is 752. The number of hydrogen-bond acceptors (Lipinski definition) is 4. The predicted molar refractivity (Wildman–Crippen MR) is 81.3 cm³/mol. The lowest BCUT2D eigenvalue weighted by atomic mass is 10.1. The molecule has 0 aromatic heterocycles. The Labute approximate surface area is 128 Å². The highest BCUT2D eigenvalue weighted by Crippen LogP contribution is 2.23. The number of ether oxygens (including phenoxy) is 1. The summed E-state index contributed by atoms with van der Waals surface area (Å²) in [6.07, 6.45) is 0. The van der Waals surface area contributed by atoms with E-state index >= 15 is 0 Å². The lowest BCUT2D eigenvalue weighted by Crippen LogP contribution is -2.29. The largest absolute Gasteiger partial charge is 0.497 e. The number of hydrogen-bond donors (Lipinski definition) is 2. The molecule has 0 radical (unpaired) electrons. The van der Waals surface area contributed by atoms with Gasteiger partial charge < -0.3 is 9.84 Å². The van der Waals surface area contributed by atoms with Gasteiger partial charge in [-0.1, -0.05) is 24.3 Å². The van der Waals surface area contributed by atoms with Crippen LogP contribution in [0, 0.1) is 0 Å². The Morgan fingerprint density at radius 3 is 2.00 bits per heavy atom. The molecule has 0 saturated heterocycles. The molecule has 2 aromatic carbocycles. The van der Waals surface area contributed by atoms with Crippen molar-refractivity contribution in [1.82, 2.24) is 4.72 Å². The number of aliphatic carboxylic acids is 1. The maximum Gasteiger partial charge on any atom is 0.318 e. The Morgan fingerprint density at radius 2 is 1.55 bits per heavy atom. The zero-order valence-corrected chi connectivity index (χ0v) is 12.6. The van der Waals surface area contributed by atoms with E-state index < -0.39 is 22.5 Å². The zero-order chi connectivity index (χ0) is 16.2. The van der Waals surface area contributed by atoms with Crippen LogP contribution in [0.15, 0.2) is 53.4 Å². The number of sulfonamides is 1. The molecular weight excluding hydrogens is 306 g/mol. The molecule has 6 nitrogen and oxygen atoms in total. The van der Waals surface area contributed by atoms with Crippen molar-refractivity contribution in [2.75, 3.05) is 13.7 Å². The van der Waals surface area contributed by atoms with Crippen LogP contribution in [0.5, 0.6) is 5.75 Å². The first-order valence-corrected chi connectivity index (χ1v) is 7.86. The molecule has 2 N–H and O–H groups in total. The molecule has 0 aliphatic carbocycles. The molecule has 2 aromatic rings. The number of carbonyl (C=O) groups is 1. The van der Waals surface area contributed by atoms with Crippen LogP contribution in [0.2, 0.25) is 0 Å². The van der Waals surface area contributed by atoms with Gasteiger partial charge >= 0.3 is 5.97 Å². The molecule has 22 heavy (non-hydrogen) atoms. The monoisotopic (exact) mass is 321 g/mol. The summed E-state index contributed by atoms with van der Waals surface area (Å²) in [5, 5.41) is 8.52. The molecule has 0 unspecified atom stereocenters. The average Bonchev–Trinajstić information content (AvgIpc) is 2.53. The fourth-order valence-electron chi connectivity index (χ4n) is 1.85. The van der Waals surface area contributed by atoms with E-state index in [9.17, 15) is 13.2 Å². The average molecular weight is 321 g/mol. The van der Waals surface area contributed by atoms with Crippen molar-refractivity contribution < 1.29 is 23.1 Å². The van der Waals surface area contributed by atoms with Crippen LogP contribution in [0.4, 0.5) is 0 Å². The molecule has 0 heterocycles. The number of nitrogens with one attached hydrogen (secondary N) is 1. The number of carboxylic acids is 1. The van der Waals surface area contributed by atoms with Crippen molar-refractivity contribution in [2.24, 2.45) is 0 Å². The van der Waals surface area contributed by atoms with Gasteiger partial charge in [-0.2, -0.15) is 4.72 Å². The minimum absolute atomic E-state index is 0.0195. The maximum atomic E-state index is 11.9. The smallest absolute Gasteiger partial charge is 0.318 e. The minimum atomic E-state index is -3.82. The van der Waals surface area contributed by atoms with Gasteiger partial charge in [-0.25, -0.2) is 8.42 Å². The van der Waals surface area contributed by atoms with E-state index in [1.54, 1.807) is 19.2 Å². The second kappa shape index (κ2) is 6.59. The molecular formula is C15H15NO5S. The third-order valence-corrected chi connectivity index (χ3v) is 4.42. The highest BCUT2D eigenvalue weighted by atomic mass is 32.2. The Hall–Kier alpha value is -2.38. The molecule has 0 bridgehead atoms. The first kappa shape index (κ1) is 16.0. The van der Waals surface area contributed by atoms with Crippen LogP contribution < -0.4 is 9.46 Å². The number of methoxy groups -OCH3 is 1. The minimum Gasteiger partial charge on any atom is -0.497 e. The van der Waals surface area contributed by atoms with E-state index in [1.807, 2.05) is 29.0 Å². The summed E-state index contributed by atoms with van der Waals surface area (Å²) in [4.78, 5) is 10.5. The molecule has 0 spiro atoms. The van der Waals surface area contributed by atoms with E-state index in [2.05, 4.69) is 0 Å². The molecule has 0 aliphatic heterocycles. The SMILES string of the molecule is COc1ccc(-c2ccc(S(=O)(=O)NCC(=O)O)cc2)cc1. The normalized spacial score (nSPS) is 11.1. The quantitative estimate of drug-likeness (QED) is 0.845. The number of carboxylic acid groups (broad SMARTS) is 1. The highest BCUT2D eigenvalue weighted by molar-refractivity contribution is 7.89. The number of benzene rings is 2. The van der Waals surface area contributed by atoms with E-state index in [0.29, 0.717) is 0 Å². The third-order valence-electron chi connectivity index (χ3n) is 3.00. The van der Waals surface area contributed by atoms with Crippen molar-refractivity contribution in [3.8, 4) is 16.9 Å². The summed E-state index contributed by atoms with van der Waals surface area (Å²) < 4.78 is 30.8. The summed E-state index contributed by atoms with van der Waals surface area (Å²) in [5.41, 5.74) is 1.77. The summed E-state index contributed by atoms with van der Waals surface area (Å²) in [6, 6.07) is 13.6. The van der Waals surface area contributed by atoms with Crippen LogP contribution in [0.25, 0.3) is 11.1 Å². The van der Waals surface area contributed by atoms with Crippen molar-refractivity contribution in [3.63, 3.8) is 0 Å². The van der Waals surface area contributed by atoms with Gasteiger partial charge in [-0.05, 0) is 35.4 Å². The Balaban J connectivity index is 2.20. The van der Waals surface area contributed by atoms with Gasteiger partial charge in [0.25, 0.3) is 0 Å². The molecule has 7 heteroatoms. The van der Waals surface area contributed by atoms with Crippen molar-refractivity contribution in [2.45, 2.75) is 4.90 Å². The van der Waals surface area contributed by atoms with Gasteiger partial charge in [0, 0.05) is 0 Å². The second-order valence-corrected chi connectivity index (χ2v) is 6.24. The first-order valence-electron chi connectivity index (χ1n) is 6.38. The van der Waals surface area contributed by atoms with Crippen LogP contribution in [-0.2, 0) is 14.8 Å². The predicted octanol–water partition coefficient (Wildman–Crippen LogP) is 1.73. The summed E-state index contributed by atoms with van der Waals surface area (Å²) >= 11 is 0. The summed E-state index contributed by atoms with van der Waals surface area (Å²) in [6.45, 7) is -0.650. The molecule has 0 aliphatic rings. The van der Waals surface area contributed by atoms with Gasteiger partial charge in [0.15, 0.2) is 0 Å². The lowest BCUT2D eigenvalue weighted by Gasteiger charge is -2.07. The van der Waals surface area contributed by atoms with E-state index in [-0.39, 0.29) is 4.90 Å². The first-order chi connectivity index (χ1) is 10.4. The van der Waals surface area contributed by atoms with Crippen molar-refractivity contribution in [3.05, 3.63) is 48.5 Å². The zero-order valence-electron chi connectivity index (χ0n) is 11.8. The Kier molecular flexibility index (Phi) is 4.79. The van der Waals surface area contributed by atoms with E-state index in [0.717, 1.165) is 16.9 Å². The third kappa shape index (κ3) is 3.84. The summed E-state index contributed by atoms with van der Waals surface area (Å²) in [5.74, 6) is -0.501. The van der Waals surface area contributed by atoms with Gasteiger partial charge in [0.1, 0.15) is 12.3 Å². The van der Waals surface area contributed by atoms with E-state index in [4.69, 9.17) is 9.84 Å². The Morgan fingerprint density at radius 1 is 1.05 bits per heavy atom. The lowest BCUT2D eigenvalue weighted by molar-refractivity contribution is -0.135. The van der Waals surface area contributed by atoms with Crippen LogP contribution in [0.3, 0.4) is 0 Å². The molecule has 2 rings (SSSR count). The topological polar surface area (TPSA) is 92.7 Å². The van der Waals surface area contributed by atoms with Gasteiger partial charge in [-0.3, -0.25) is 4.79 Å². The maximum absolute atomic E-state index is 11.9. The van der Waals surface area contributed by atoms with Gasteiger partial charge in [-0.15, -0.1) is 0 Å². The molecule has 0 saturated carbocycles. The molecule has 0 amide bonds. The van der Waals surface area contributed by atoms with Crippen LogP contribution >= 0.6 is 0 Å². The second-order valence-electron chi connectivity index (χ2n) is 4.47. The van der Waals surface area contributed by atoms with Crippen LogP contribution in [0.1, 0.15) is 0 Å². The van der Waals surface area contributed by atoms with Crippen molar-refractivity contribution >= 4 is 16.0 Å². The molecule has 0 atom stereocenters. The van der Waals surface area contributed by atoms with Crippen LogP contribution in [-0.4, -0.2) is 33.1 Å². The summed E-state index contributed by atoms with van der Waals surface area (Å²) in [7, 11) is -2.23. The standard InChI is InChI=1S/C15H15NO5S/c1-21-13-6-2-11(3-7-13)12-4-8-14(9-5-12)22(19,20)16-10-15(17)18/h2-9,16H,10H2,1H3,(H,17,18).